The molecular weight excluding hydrogens is 310 g/mol. The second kappa shape index (κ2) is 7.02. The van der Waals surface area contributed by atoms with E-state index in [-0.39, 0.29) is 11.7 Å². The lowest BCUT2D eigenvalue weighted by atomic mass is 9.90. The van der Waals surface area contributed by atoms with Gasteiger partial charge >= 0.3 is 0 Å². The van der Waals surface area contributed by atoms with Gasteiger partial charge in [0.2, 0.25) is 10.0 Å². The van der Waals surface area contributed by atoms with Crippen molar-refractivity contribution in [3.8, 4) is 0 Å². The number of benzene rings is 1. The summed E-state index contributed by atoms with van der Waals surface area (Å²) in [6.07, 6.45) is 1.26. The zero-order valence-corrected chi connectivity index (χ0v) is 13.7. The minimum absolute atomic E-state index is 0.0791. The number of rotatable bonds is 5. The first-order valence-corrected chi connectivity index (χ1v) is 8.98. The van der Waals surface area contributed by atoms with Crippen LogP contribution in [0, 0.1) is 11.6 Å². The summed E-state index contributed by atoms with van der Waals surface area (Å²) < 4.78 is 52.2. The molecule has 0 aliphatic carbocycles. The third-order valence-electron chi connectivity index (χ3n) is 4.06. The fraction of sp³-hybridized carbons (Fsp3) is 0.600. The SMILES string of the molecule is CN(C)CCS(=O)(=O)N1CCC(c2ccc(F)c(F)c2)CC1. The van der Waals surface area contributed by atoms with Crippen molar-refractivity contribution in [1.82, 2.24) is 9.21 Å². The van der Waals surface area contributed by atoms with Crippen LogP contribution in [0.25, 0.3) is 0 Å². The fourth-order valence-corrected chi connectivity index (χ4v) is 4.28. The van der Waals surface area contributed by atoms with Crippen LogP contribution in [0.1, 0.15) is 24.3 Å². The number of nitrogens with zero attached hydrogens (tertiary/aromatic N) is 2. The summed E-state index contributed by atoms with van der Waals surface area (Å²) in [5, 5.41) is 0. The Morgan fingerprint density at radius 3 is 2.36 bits per heavy atom. The Bertz CT molecular complexity index is 612. The third-order valence-corrected chi connectivity index (χ3v) is 5.91. The molecule has 1 aromatic rings. The van der Waals surface area contributed by atoms with Crippen molar-refractivity contribution in [1.29, 1.82) is 0 Å². The first-order valence-electron chi connectivity index (χ1n) is 7.37. The standard InChI is InChI=1S/C15H22F2N2O2S/c1-18(2)9-10-22(20,21)19-7-5-12(6-8-19)13-3-4-14(16)15(17)11-13/h3-4,11-12H,5-10H2,1-2H3. The van der Waals surface area contributed by atoms with Gasteiger partial charge in [0.15, 0.2) is 11.6 Å². The zero-order chi connectivity index (χ0) is 16.3. The van der Waals surface area contributed by atoms with Crippen molar-refractivity contribution in [3.05, 3.63) is 35.4 Å². The second-order valence-corrected chi connectivity index (χ2v) is 8.05. The molecule has 1 aliphatic heterocycles. The number of hydrogen-bond donors (Lipinski definition) is 0. The Labute approximate surface area is 130 Å². The molecule has 7 heteroatoms. The van der Waals surface area contributed by atoms with Crippen LogP contribution in [0.5, 0.6) is 0 Å². The topological polar surface area (TPSA) is 40.6 Å². The smallest absolute Gasteiger partial charge is 0.215 e. The van der Waals surface area contributed by atoms with Crippen molar-refractivity contribution in [2.24, 2.45) is 0 Å². The Kier molecular flexibility index (Phi) is 5.52. The Balaban J connectivity index is 1.96. The molecule has 0 N–H and O–H groups in total. The van der Waals surface area contributed by atoms with Crippen molar-refractivity contribution < 1.29 is 17.2 Å². The van der Waals surface area contributed by atoms with Gasteiger partial charge in [0, 0.05) is 19.6 Å². The first-order chi connectivity index (χ1) is 10.3. The van der Waals surface area contributed by atoms with Crippen molar-refractivity contribution in [3.63, 3.8) is 0 Å². The molecule has 0 spiro atoms. The molecule has 0 atom stereocenters. The van der Waals surface area contributed by atoms with Gasteiger partial charge in [0.25, 0.3) is 0 Å². The minimum atomic E-state index is -3.24. The molecular formula is C15H22F2N2O2S. The second-order valence-electron chi connectivity index (χ2n) is 5.97. The highest BCUT2D eigenvalue weighted by Gasteiger charge is 2.28. The van der Waals surface area contributed by atoms with Crippen LogP contribution < -0.4 is 0 Å². The van der Waals surface area contributed by atoms with Gasteiger partial charge < -0.3 is 4.90 Å². The maximum absolute atomic E-state index is 13.3. The molecule has 0 radical (unpaired) electrons. The molecule has 4 nitrogen and oxygen atoms in total. The summed E-state index contributed by atoms with van der Waals surface area (Å²) in [7, 11) is 0.435. The van der Waals surface area contributed by atoms with E-state index in [0.29, 0.717) is 32.5 Å². The highest BCUT2D eigenvalue weighted by molar-refractivity contribution is 7.89. The lowest BCUT2D eigenvalue weighted by Gasteiger charge is -2.31. The van der Waals surface area contributed by atoms with Gasteiger partial charge in [0.05, 0.1) is 5.75 Å². The molecule has 22 heavy (non-hydrogen) atoms. The van der Waals surface area contributed by atoms with Crippen molar-refractivity contribution >= 4 is 10.0 Å². The van der Waals surface area contributed by atoms with E-state index < -0.39 is 21.7 Å². The highest BCUT2D eigenvalue weighted by Crippen LogP contribution is 2.30. The van der Waals surface area contributed by atoms with Gasteiger partial charge in [-0.1, -0.05) is 6.07 Å². The predicted molar refractivity (Wildman–Crippen MR) is 82.2 cm³/mol. The normalized spacial score (nSPS) is 18.0. The van der Waals surface area contributed by atoms with Gasteiger partial charge in [-0.25, -0.2) is 21.5 Å². The van der Waals surface area contributed by atoms with E-state index >= 15 is 0 Å². The van der Waals surface area contributed by atoms with Crippen LogP contribution in [0.15, 0.2) is 18.2 Å². The van der Waals surface area contributed by atoms with Crippen molar-refractivity contribution in [2.45, 2.75) is 18.8 Å². The molecule has 0 aromatic heterocycles. The molecule has 1 fully saturated rings. The van der Waals surface area contributed by atoms with Crippen LogP contribution in [0.4, 0.5) is 8.78 Å². The van der Waals surface area contributed by atoms with E-state index in [0.717, 1.165) is 11.6 Å². The van der Waals surface area contributed by atoms with Gasteiger partial charge in [0.1, 0.15) is 0 Å². The van der Waals surface area contributed by atoms with E-state index in [1.165, 1.54) is 10.4 Å². The zero-order valence-electron chi connectivity index (χ0n) is 12.9. The number of halogens is 2. The van der Waals surface area contributed by atoms with Crippen LogP contribution in [-0.2, 0) is 10.0 Å². The van der Waals surface area contributed by atoms with Gasteiger partial charge in [-0.05, 0) is 50.6 Å². The number of sulfonamides is 1. The van der Waals surface area contributed by atoms with Gasteiger partial charge in [-0.3, -0.25) is 0 Å². The highest BCUT2D eigenvalue weighted by atomic mass is 32.2. The molecule has 0 unspecified atom stereocenters. The lowest BCUT2D eigenvalue weighted by molar-refractivity contribution is 0.316. The molecule has 0 saturated carbocycles. The summed E-state index contributed by atoms with van der Waals surface area (Å²) in [6.45, 7) is 1.35. The Morgan fingerprint density at radius 1 is 1.18 bits per heavy atom. The average molecular weight is 332 g/mol. The molecule has 1 saturated heterocycles. The molecule has 124 valence electrons. The number of hydrogen-bond acceptors (Lipinski definition) is 3. The molecule has 1 aromatic carbocycles. The van der Waals surface area contributed by atoms with Gasteiger partial charge in [-0.15, -0.1) is 0 Å². The molecule has 0 bridgehead atoms. The minimum Gasteiger partial charge on any atom is -0.308 e. The van der Waals surface area contributed by atoms with Crippen molar-refractivity contribution in [2.75, 3.05) is 39.5 Å². The Morgan fingerprint density at radius 2 is 1.82 bits per heavy atom. The summed E-state index contributed by atoms with van der Waals surface area (Å²) in [4.78, 5) is 1.84. The first kappa shape index (κ1) is 17.3. The summed E-state index contributed by atoms with van der Waals surface area (Å²) >= 11 is 0. The monoisotopic (exact) mass is 332 g/mol. The van der Waals surface area contributed by atoms with Crippen LogP contribution in [0.2, 0.25) is 0 Å². The van der Waals surface area contributed by atoms with E-state index in [4.69, 9.17) is 0 Å². The summed E-state index contributed by atoms with van der Waals surface area (Å²) in [5.41, 5.74) is 0.740. The summed E-state index contributed by atoms with van der Waals surface area (Å²) in [6, 6.07) is 3.93. The molecule has 0 amide bonds. The fourth-order valence-electron chi connectivity index (χ4n) is 2.66. The van der Waals surface area contributed by atoms with E-state index in [9.17, 15) is 17.2 Å². The maximum Gasteiger partial charge on any atom is 0.215 e. The van der Waals surface area contributed by atoms with Crippen LogP contribution >= 0.6 is 0 Å². The van der Waals surface area contributed by atoms with E-state index in [2.05, 4.69) is 0 Å². The van der Waals surface area contributed by atoms with Crippen LogP contribution in [-0.4, -0.2) is 57.1 Å². The maximum atomic E-state index is 13.3. The predicted octanol–water partition coefficient (Wildman–Crippen LogP) is 2.04. The van der Waals surface area contributed by atoms with E-state index in [1.807, 2.05) is 19.0 Å². The van der Waals surface area contributed by atoms with E-state index in [1.54, 1.807) is 6.07 Å². The largest absolute Gasteiger partial charge is 0.308 e. The third kappa shape index (κ3) is 4.24. The van der Waals surface area contributed by atoms with Crippen LogP contribution in [0.3, 0.4) is 0 Å². The average Bonchev–Trinajstić information content (AvgIpc) is 2.48. The number of piperidine rings is 1. The quantitative estimate of drug-likeness (QED) is 0.828. The van der Waals surface area contributed by atoms with Gasteiger partial charge in [-0.2, -0.15) is 0 Å². The molecule has 1 heterocycles. The Hall–Kier alpha value is -1.05. The summed E-state index contributed by atoms with van der Waals surface area (Å²) in [5.74, 6) is -1.52. The lowest BCUT2D eigenvalue weighted by Crippen LogP contribution is -2.41. The molecule has 1 aliphatic rings. The molecule has 2 rings (SSSR count).